The minimum Gasteiger partial charge on any atom is -0.480 e. The molecule has 5 nitrogen and oxygen atoms in total. The van der Waals surface area contributed by atoms with E-state index in [9.17, 15) is 0 Å². The molecule has 1 N–H and O–H groups in total. The maximum absolute atomic E-state index is 6.62. The van der Waals surface area contributed by atoms with E-state index in [0.717, 1.165) is 44.1 Å². The lowest BCUT2D eigenvalue weighted by molar-refractivity contribution is 0.223. The molecular weight excluding hydrogens is 452 g/mol. The van der Waals surface area contributed by atoms with Crippen molar-refractivity contribution in [3.8, 4) is 5.75 Å². The number of halogens is 1. The van der Waals surface area contributed by atoms with Crippen molar-refractivity contribution in [3.05, 3.63) is 111 Å². The largest absolute Gasteiger partial charge is 0.480 e. The second-order valence-electron chi connectivity index (χ2n) is 7.84. The van der Waals surface area contributed by atoms with Gasteiger partial charge in [-0.1, -0.05) is 70.0 Å². The smallest absolute Gasteiger partial charge is 0.226 e. The standard InChI is InChI=1S/C25H19BrN4O/c1-15-6-8-16(9-7-15)23-21-22(29-25-27-14-28-30(23)25)19-4-2-3-5-20(19)31-24(21)17-10-12-18(26)13-11-17/h2-14,23-24H,1H3,(H,27,28,29)/t23-,24-/m0/s1. The Bertz CT molecular complexity index is 1310. The summed E-state index contributed by atoms with van der Waals surface area (Å²) in [6, 6.07) is 25.0. The van der Waals surface area contributed by atoms with E-state index >= 15 is 0 Å². The van der Waals surface area contributed by atoms with Crippen LogP contribution in [0.2, 0.25) is 0 Å². The Morgan fingerprint density at radius 3 is 2.48 bits per heavy atom. The van der Waals surface area contributed by atoms with E-state index in [-0.39, 0.29) is 12.1 Å². The van der Waals surface area contributed by atoms with Crippen LogP contribution in [0, 0.1) is 6.92 Å². The molecule has 0 spiro atoms. The summed E-state index contributed by atoms with van der Waals surface area (Å²) in [7, 11) is 0. The number of benzene rings is 3. The van der Waals surface area contributed by atoms with Crippen LogP contribution < -0.4 is 10.1 Å². The summed E-state index contributed by atoms with van der Waals surface area (Å²) in [5.74, 6) is 1.59. The van der Waals surface area contributed by atoms with Crippen molar-refractivity contribution in [3.63, 3.8) is 0 Å². The van der Waals surface area contributed by atoms with Gasteiger partial charge in [-0.25, -0.2) is 4.68 Å². The molecule has 2 aliphatic rings. The summed E-state index contributed by atoms with van der Waals surface area (Å²) in [6.07, 6.45) is 1.35. The zero-order valence-electron chi connectivity index (χ0n) is 16.8. The van der Waals surface area contributed by atoms with Crippen LogP contribution in [0.5, 0.6) is 5.75 Å². The zero-order valence-corrected chi connectivity index (χ0v) is 18.4. The number of nitrogens with one attached hydrogen (secondary N) is 1. The zero-order chi connectivity index (χ0) is 20.9. The summed E-state index contributed by atoms with van der Waals surface area (Å²) in [5, 5.41) is 8.11. The predicted molar refractivity (Wildman–Crippen MR) is 124 cm³/mol. The highest BCUT2D eigenvalue weighted by molar-refractivity contribution is 9.10. The van der Waals surface area contributed by atoms with Crippen molar-refractivity contribution in [1.82, 2.24) is 14.8 Å². The number of rotatable bonds is 2. The van der Waals surface area contributed by atoms with E-state index < -0.39 is 0 Å². The molecule has 0 aliphatic carbocycles. The predicted octanol–water partition coefficient (Wildman–Crippen LogP) is 5.91. The van der Waals surface area contributed by atoms with E-state index in [1.165, 1.54) is 5.56 Å². The van der Waals surface area contributed by atoms with E-state index in [1.807, 2.05) is 22.9 Å². The molecule has 0 bridgehead atoms. The van der Waals surface area contributed by atoms with Crippen LogP contribution in [0.15, 0.2) is 89.2 Å². The monoisotopic (exact) mass is 470 g/mol. The van der Waals surface area contributed by atoms with Gasteiger partial charge in [0, 0.05) is 15.6 Å². The van der Waals surface area contributed by atoms with E-state index in [2.05, 4.69) is 92.9 Å². The number of anilines is 1. The molecule has 0 unspecified atom stereocenters. The highest BCUT2D eigenvalue weighted by Gasteiger charge is 2.40. The maximum Gasteiger partial charge on any atom is 0.226 e. The molecule has 3 aromatic carbocycles. The summed E-state index contributed by atoms with van der Waals surface area (Å²) in [6.45, 7) is 2.10. The second-order valence-corrected chi connectivity index (χ2v) is 8.76. The third kappa shape index (κ3) is 2.98. The van der Waals surface area contributed by atoms with Gasteiger partial charge in [0.05, 0.1) is 5.70 Å². The Balaban J connectivity index is 1.62. The Kier molecular flexibility index (Phi) is 4.21. The fourth-order valence-corrected chi connectivity index (χ4v) is 4.66. The molecule has 0 saturated carbocycles. The summed E-state index contributed by atoms with van der Waals surface area (Å²) in [4.78, 5) is 4.48. The van der Waals surface area contributed by atoms with Gasteiger partial charge < -0.3 is 10.1 Å². The number of para-hydroxylation sites is 1. The van der Waals surface area contributed by atoms with Crippen molar-refractivity contribution in [1.29, 1.82) is 0 Å². The van der Waals surface area contributed by atoms with Crippen molar-refractivity contribution in [2.24, 2.45) is 0 Å². The molecule has 4 aromatic rings. The van der Waals surface area contributed by atoms with Crippen molar-refractivity contribution in [2.45, 2.75) is 19.1 Å². The first-order valence-electron chi connectivity index (χ1n) is 10.2. The molecular formula is C25H19BrN4O. The minimum absolute atomic E-state index is 0.128. The van der Waals surface area contributed by atoms with Crippen LogP contribution in [0.3, 0.4) is 0 Å². The molecule has 31 heavy (non-hydrogen) atoms. The van der Waals surface area contributed by atoms with Crippen molar-refractivity contribution < 1.29 is 4.74 Å². The topological polar surface area (TPSA) is 52.0 Å². The first-order valence-corrected chi connectivity index (χ1v) is 11.0. The Hall–Kier alpha value is -3.38. The third-order valence-electron chi connectivity index (χ3n) is 5.89. The van der Waals surface area contributed by atoms with Gasteiger partial charge in [-0.3, -0.25) is 0 Å². The summed E-state index contributed by atoms with van der Waals surface area (Å²) >= 11 is 3.55. The number of aryl methyl sites for hydroxylation is 1. The Labute approximate surface area is 188 Å². The minimum atomic E-state index is -0.255. The lowest BCUT2D eigenvalue weighted by atomic mass is 9.84. The fraction of sp³-hybridized carbons (Fsp3) is 0.120. The average Bonchev–Trinajstić information content (AvgIpc) is 3.27. The van der Waals surface area contributed by atoms with Gasteiger partial charge in [0.15, 0.2) is 0 Å². The molecule has 152 valence electrons. The van der Waals surface area contributed by atoms with E-state index in [4.69, 9.17) is 4.74 Å². The summed E-state index contributed by atoms with van der Waals surface area (Å²) in [5.41, 5.74) is 6.67. The van der Waals surface area contributed by atoms with Crippen LogP contribution in [0.1, 0.15) is 34.4 Å². The molecule has 3 heterocycles. The number of aromatic nitrogens is 3. The van der Waals surface area contributed by atoms with Crippen molar-refractivity contribution in [2.75, 3.05) is 5.32 Å². The number of hydrogen-bond donors (Lipinski definition) is 1. The Morgan fingerprint density at radius 1 is 0.935 bits per heavy atom. The highest BCUT2D eigenvalue weighted by Crippen LogP contribution is 2.50. The van der Waals surface area contributed by atoms with Gasteiger partial charge in [-0.2, -0.15) is 10.1 Å². The van der Waals surface area contributed by atoms with Gasteiger partial charge in [0.2, 0.25) is 5.95 Å². The average molecular weight is 471 g/mol. The first-order chi connectivity index (χ1) is 15.2. The van der Waals surface area contributed by atoms with E-state index in [0.29, 0.717) is 0 Å². The van der Waals surface area contributed by atoms with Crippen LogP contribution in [-0.4, -0.2) is 14.8 Å². The van der Waals surface area contributed by atoms with Gasteiger partial charge in [0.1, 0.15) is 24.2 Å². The highest BCUT2D eigenvalue weighted by atomic mass is 79.9. The molecule has 0 fully saturated rings. The third-order valence-corrected chi connectivity index (χ3v) is 6.42. The van der Waals surface area contributed by atoms with Gasteiger partial charge >= 0.3 is 0 Å². The van der Waals surface area contributed by atoms with Gasteiger partial charge in [-0.05, 0) is 42.3 Å². The SMILES string of the molecule is Cc1ccc([C@H]2C3=C(Nc4ncnn42)c2ccccc2O[C@H]3c2ccc(Br)cc2)cc1. The fourth-order valence-electron chi connectivity index (χ4n) is 4.40. The Morgan fingerprint density at radius 2 is 1.68 bits per heavy atom. The molecule has 0 saturated heterocycles. The van der Waals surface area contributed by atoms with E-state index in [1.54, 1.807) is 6.33 Å². The van der Waals surface area contributed by atoms with Crippen LogP contribution in [0.25, 0.3) is 5.70 Å². The number of hydrogen-bond acceptors (Lipinski definition) is 4. The lowest BCUT2D eigenvalue weighted by Crippen LogP contribution is -2.32. The molecule has 6 rings (SSSR count). The molecule has 0 radical (unpaired) electrons. The van der Waals surface area contributed by atoms with Crippen LogP contribution in [-0.2, 0) is 0 Å². The second kappa shape index (κ2) is 7.10. The molecule has 0 amide bonds. The summed E-state index contributed by atoms with van der Waals surface area (Å²) < 4.78 is 9.61. The van der Waals surface area contributed by atoms with Gasteiger partial charge in [0.25, 0.3) is 0 Å². The van der Waals surface area contributed by atoms with Gasteiger partial charge in [-0.15, -0.1) is 0 Å². The quantitative estimate of drug-likeness (QED) is 0.395. The molecule has 2 aliphatic heterocycles. The lowest BCUT2D eigenvalue weighted by Gasteiger charge is -2.39. The normalized spacial score (nSPS) is 19.0. The molecule has 1 aromatic heterocycles. The number of ether oxygens (including phenoxy) is 1. The van der Waals surface area contributed by atoms with Crippen molar-refractivity contribution >= 4 is 27.6 Å². The maximum atomic E-state index is 6.62. The first kappa shape index (κ1) is 18.4. The molecule has 2 atom stereocenters. The number of fused-ring (bicyclic) bond motifs is 3. The number of nitrogens with zero attached hydrogens (tertiary/aromatic N) is 3. The van der Waals surface area contributed by atoms with Crippen LogP contribution in [0.4, 0.5) is 5.95 Å². The van der Waals surface area contributed by atoms with Crippen LogP contribution >= 0.6 is 15.9 Å². The molecule has 6 heteroatoms.